The van der Waals surface area contributed by atoms with Crippen LogP contribution in [0.4, 0.5) is 4.39 Å². The predicted molar refractivity (Wildman–Crippen MR) is 93.2 cm³/mol. The molecule has 2 aromatic rings. The van der Waals surface area contributed by atoms with E-state index < -0.39 is 5.82 Å². The third-order valence-electron chi connectivity index (χ3n) is 4.26. The Morgan fingerprint density at radius 1 is 1.32 bits per heavy atom. The van der Waals surface area contributed by atoms with Crippen molar-refractivity contribution in [2.45, 2.75) is 33.3 Å². The molecular weight excluding hydrogens is 321 g/mol. The minimum absolute atomic E-state index is 0.0251. The highest BCUT2D eigenvalue weighted by molar-refractivity contribution is 5.81. The molecule has 0 saturated heterocycles. The molecule has 0 bridgehead atoms. The summed E-state index contributed by atoms with van der Waals surface area (Å²) in [5.74, 6) is 1.43. The quantitative estimate of drug-likeness (QED) is 0.753. The molecule has 1 aromatic heterocycles. The Hall–Kier alpha value is -2.43. The van der Waals surface area contributed by atoms with E-state index in [9.17, 15) is 9.18 Å². The second-order valence-electron chi connectivity index (χ2n) is 6.72. The van der Waals surface area contributed by atoms with Crippen LogP contribution in [0, 0.1) is 17.7 Å². The summed E-state index contributed by atoms with van der Waals surface area (Å²) in [5, 5.41) is 0. The number of halogens is 1. The molecule has 5 heteroatoms. The van der Waals surface area contributed by atoms with Crippen molar-refractivity contribution in [2.24, 2.45) is 11.8 Å². The van der Waals surface area contributed by atoms with Gasteiger partial charge in [-0.25, -0.2) is 9.37 Å². The van der Waals surface area contributed by atoms with Crippen molar-refractivity contribution < 1.29 is 18.7 Å². The lowest BCUT2D eigenvalue weighted by Crippen LogP contribution is -2.07. The summed E-state index contributed by atoms with van der Waals surface area (Å²) >= 11 is 0. The Morgan fingerprint density at radius 3 is 2.64 bits per heavy atom. The largest absolute Gasteiger partial charge is 0.493 e. The standard InChI is InChI=1S/C20H22FNO3/c1-12(2)25-20-9-18(19(21)10-22-20)14-4-6-16(7-5-14)24-11-15-8-17(15)13(3)23/h4-7,9-10,12,15,17H,8,11H2,1-3H3. The minimum atomic E-state index is -0.396. The first-order valence-corrected chi connectivity index (χ1v) is 8.50. The number of nitrogens with zero attached hydrogens (tertiary/aromatic N) is 1. The third-order valence-corrected chi connectivity index (χ3v) is 4.26. The summed E-state index contributed by atoms with van der Waals surface area (Å²) in [6.45, 7) is 5.96. The van der Waals surface area contributed by atoms with Gasteiger partial charge in [-0.15, -0.1) is 0 Å². The zero-order valence-corrected chi connectivity index (χ0v) is 14.7. The van der Waals surface area contributed by atoms with E-state index in [1.165, 1.54) is 6.20 Å². The van der Waals surface area contributed by atoms with Crippen LogP contribution in [-0.4, -0.2) is 23.5 Å². The van der Waals surface area contributed by atoms with Crippen LogP contribution in [0.2, 0.25) is 0 Å². The molecule has 0 aliphatic heterocycles. The number of carbonyl (C=O) groups is 1. The third kappa shape index (κ3) is 4.35. The van der Waals surface area contributed by atoms with Crippen LogP contribution >= 0.6 is 0 Å². The molecule has 4 nitrogen and oxygen atoms in total. The number of hydrogen-bond donors (Lipinski definition) is 0. The Kier molecular flexibility index (Phi) is 5.02. The fourth-order valence-corrected chi connectivity index (χ4v) is 2.81. The van der Waals surface area contributed by atoms with Gasteiger partial charge in [0.1, 0.15) is 17.3 Å². The van der Waals surface area contributed by atoms with Gasteiger partial charge in [-0.2, -0.15) is 0 Å². The highest BCUT2D eigenvalue weighted by Crippen LogP contribution is 2.39. The number of ketones is 1. The fraction of sp³-hybridized carbons (Fsp3) is 0.400. The van der Waals surface area contributed by atoms with E-state index in [0.29, 0.717) is 29.7 Å². The van der Waals surface area contributed by atoms with Crippen molar-refractivity contribution in [3.05, 3.63) is 42.3 Å². The maximum absolute atomic E-state index is 14.1. The number of aromatic nitrogens is 1. The molecule has 0 N–H and O–H groups in total. The average molecular weight is 343 g/mol. The first kappa shape index (κ1) is 17.4. The van der Waals surface area contributed by atoms with Crippen LogP contribution < -0.4 is 9.47 Å². The number of benzene rings is 1. The van der Waals surface area contributed by atoms with Gasteiger partial charge in [0, 0.05) is 23.5 Å². The van der Waals surface area contributed by atoms with E-state index in [-0.39, 0.29) is 17.8 Å². The van der Waals surface area contributed by atoms with Crippen molar-refractivity contribution in [3.8, 4) is 22.8 Å². The summed E-state index contributed by atoms with van der Waals surface area (Å²) in [5.41, 5.74) is 1.17. The molecule has 2 unspecified atom stereocenters. The Labute approximate surface area is 147 Å². The zero-order valence-electron chi connectivity index (χ0n) is 14.7. The maximum atomic E-state index is 14.1. The molecule has 1 saturated carbocycles. The lowest BCUT2D eigenvalue weighted by atomic mass is 10.1. The van der Waals surface area contributed by atoms with Gasteiger partial charge in [-0.05, 0) is 44.9 Å². The number of hydrogen-bond acceptors (Lipinski definition) is 4. The molecular formula is C20H22FNO3. The van der Waals surface area contributed by atoms with Gasteiger partial charge in [-0.3, -0.25) is 4.79 Å². The number of rotatable bonds is 7. The summed E-state index contributed by atoms with van der Waals surface area (Å²) in [4.78, 5) is 15.2. The highest BCUT2D eigenvalue weighted by atomic mass is 19.1. The molecule has 2 atom stereocenters. The highest BCUT2D eigenvalue weighted by Gasteiger charge is 2.41. The monoisotopic (exact) mass is 343 g/mol. The maximum Gasteiger partial charge on any atom is 0.214 e. The second-order valence-corrected chi connectivity index (χ2v) is 6.72. The van der Waals surface area contributed by atoms with Crippen LogP contribution in [0.1, 0.15) is 27.2 Å². The van der Waals surface area contributed by atoms with E-state index in [0.717, 1.165) is 12.0 Å². The molecule has 1 aliphatic rings. The van der Waals surface area contributed by atoms with Crippen LogP contribution in [0.3, 0.4) is 0 Å². The lowest BCUT2D eigenvalue weighted by Gasteiger charge is -2.11. The minimum Gasteiger partial charge on any atom is -0.493 e. The molecule has 0 amide bonds. The Balaban J connectivity index is 1.67. The molecule has 3 rings (SSSR count). The Morgan fingerprint density at radius 2 is 2.04 bits per heavy atom. The number of carbonyl (C=O) groups excluding carboxylic acids is 1. The van der Waals surface area contributed by atoms with Crippen molar-refractivity contribution in [2.75, 3.05) is 6.61 Å². The van der Waals surface area contributed by atoms with Crippen molar-refractivity contribution in [1.82, 2.24) is 4.98 Å². The summed E-state index contributed by atoms with van der Waals surface area (Å²) < 4.78 is 25.3. The molecule has 132 valence electrons. The predicted octanol–water partition coefficient (Wildman–Crippen LogP) is 4.28. The molecule has 0 radical (unpaired) electrons. The first-order chi connectivity index (χ1) is 11.9. The van der Waals surface area contributed by atoms with E-state index >= 15 is 0 Å². The number of pyridine rings is 1. The van der Waals surface area contributed by atoms with Crippen LogP contribution in [-0.2, 0) is 4.79 Å². The van der Waals surface area contributed by atoms with Gasteiger partial charge in [-0.1, -0.05) is 12.1 Å². The molecule has 1 aromatic carbocycles. The molecule has 25 heavy (non-hydrogen) atoms. The SMILES string of the molecule is CC(=O)C1CC1COc1ccc(-c2cc(OC(C)C)ncc2F)cc1. The van der Waals surface area contributed by atoms with Gasteiger partial charge in [0.2, 0.25) is 5.88 Å². The Bertz CT molecular complexity index is 758. The van der Waals surface area contributed by atoms with Gasteiger partial charge in [0.05, 0.1) is 18.9 Å². The molecule has 1 aliphatic carbocycles. The van der Waals surface area contributed by atoms with E-state index in [1.54, 1.807) is 13.0 Å². The number of ether oxygens (including phenoxy) is 2. The van der Waals surface area contributed by atoms with Crippen molar-refractivity contribution in [3.63, 3.8) is 0 Å². The van der Waals surface area contributed by atoms with Gasteiger partial charge < -0.3 is 9.47 Å². The first-order valence-electron chi connectivity index (χ1n) is 8.50. The normalized spacial score (nSPS) is 18.9. The zero-order chi connectivity index (χ0) is 18.0. The van der Waals surface area contributed by atoms with E-state index in [2.05, 4.69) is 4.98 Å². The topological polar surface area (TPSA) is 48.4 Å². The van der Waals surface area contributed by atoms with Crippen LogP contribution in [0.25, 0.3) is 11.1 Å². The van der Waals surface area contributed by atoms with E-state index in [4.69, 9.17) is 9.47 Å². The smallest absolute Gasteiger partial charge is 0.214 e. The fourth-order valence-electron chi connectivity index (χ4n) is 2.81. The van der Waals surface area contributed by atoms with E-state index in [1.807, 2.05) is 38.1 Å². The van der Waals surface area contributed by atoms with Gasteiger partial charge in [0.15, 0.2) is 0 Å². The molecule has 1 fully saturated rings. The second kappa shape index (κ2) is 7.21. The number of Topliss-reactive ketones (excluding diaryl/α,β-unsaturated/α-hetero) is 1. The van der Waals surface area contributed by atoms with Crippen LogP contribution in [0.15, 0.2) is 36.5 Å². The lowest BCUT2D eigenvalue weighted by molar-refractivity contribution is -0.118. The molecule has 0 spiro atoms. The summed E-state index contributed by atoms with van der Waals surface area (Å²) in [6, 6.07) is 8.84. The van der Waals surface area contributed by atoms with Crippen LogP contribution in [0.5, 0.6) is 11.6 Å². The van der Waals surface area contributed by atoms with Gasteiger partial charge in [0.25, 0.3) is 0 Å². The van der Waals surface area contributed by atoms with Gasteiger partial charge >= 0.3 is 0 Å². The van der Waals surface area contributed by atoms with Crippen molar-refractivity contribution in [1.29, 1.82) is 0 Å². The average Bonchev–Trinajstić information content (AvgIpc) is 3.35. The molecule has 1 heterocycles. The summed E-state index contributed by atoms with van der Waals surface area (Å²) in [6.07, 6.45) is 2.06. The van der Waals surface area contributed by atoms with Crippen molar-refractivity contribution >= 4 is 5.78 Å². The summed E-state index contributed by atoms with van der Waals surface area (Å²) in [7, 11) is 0.